The van der Waals surface area contributed by atoms with E-state index in [4.69, 9.17) is 10.5 Å². The zero-order chi connectivity index (χ0) is 19.3. The number of carbonyl (C=O) groups is 1. The number of hydrogen-bond acceptors (Lipinski definition) is 5. The van der Waals surface area contributed by atoms with E-state index in [9.17, 15) is 14.7 Å². The van der Waals surface area contributed by atoms with Crippen LogP contribution in [-0.2, 0) is 0 Å². The number of piperidine rings is 1. The van der Waals surface area contributed by atoms with E-state index in [1.54, 1.807) is 7.11 Å². The molecule has 4 N–H and O–H groups in total. The lowest BCUT2D eigenvalue weighted by Crippen LogP contribution is -2.46. The third-order valence-electron chi connectivity index (χ3n) is 5.61. The molecule has 27 heavy (non-hydrogen) atoms. The Morgan fingerprint density at radius 3 is 2.70 bits per heavy atom. The number of aromatic nitrogens is 1. The molecule has 0 spiro atoms. The number of carboxylic acid groups (broad SMARTS) is 1. The summed E-state index contributed by atoms with van der Waals surface area (Å²) in [6, 6.07) is 2.11. The maximum atomic E-state index is 12.9. The molecule has 0 amide bonds. The molecule has 1 aliphatic heterocycles. The van der Waals surface area contributed by atoms with E-state index in [-0.39, 0.29) is 17.5 Å². The van der Waals surface area contributed by atoms with Crippen molar-refractivity contribution in [2.45, 2.75) is 38.1 Å². The first-order valence-corrected chi connectivity index (χ1v) is 9.40. The van der Waals surface area contributed by atoms with Gasteiger partial charge in [-0.25, -0.2) is 4.79 Å². The Hall–Kier alpha value is -2.54. The maximum absolute atomic E-state index is 12.9. The number of hydrogen-bond donors (Lipinski definition) is 3. The number of methoxy groups -OCH3 is 1. The Bertz CT molecular complexity index is 954. The highest BCUT2D eigenvalue weighted by molar-refractivity contribution is 5.98. The molecule has 2 aliphatic rings. The molecule has 0 radical (unpaired) electrons. The first-order chi connectivity index (χ1) is 12.9. The standard InChI is InChI=1S/C20H25N3O4/c1-10-5-12(21)9-23(8-10)15-6-13(11-3-4-11)16-17(19(15)27-2)22-7-14(18(16)24)20(25)26/h6-7,10-12H,3-5,8-9,21H2,1-2H3,(H,22,24)(H,25,26)/t10-,12+/m1/s1. The van der Waals surface area contributed by atoms with Gasteiger partial charge in [-0.3, -0.25) is 4.79 Å². The summed E-state index contributed by atoms with van der Waals surface area (Å²) < 4.78 is 5.69. The van der Waals surface area contributed by atoms with Crippen molar-refractivity contribution in [3.05, 3.63) is 33.6 Å². The van der Waals surface area contributed by atoms with Gasteiger partial charge in [0.05, 0.1) is 23.7 Å². The molecule has 2 fully saturated rings. The summed E-state index contributed by atoms with van der Waals surface area (Å²) >= 11 is 0. The predicted molar refractivity (Wildman–Crippen MR) is 104 cm³/mol. The van der Waals surface area contributed by atoms with Crippen molar-refractivity contribution < 1.29 is 14.6 Å². The first kappa shape index (κ1) is 17.9. The topological polar surface area (TPSA) is 109 Å². The number of ether oxygens (including phenoxy) is 1. The molecule has 1 aromatic carbocycles. The highest BCUT2D eigenvalue weighted by Gasteiger charge is 2.32. The summed E-state index contributed by atoms with van der Waals surface area (Å²) in [5, 5.41) is 9.78. The van der Waals surface area contributed by atoms with Gasteiger partial charge >= 0.3 is 5.97 Å². The van der Waals surface area contributed by atoms with Crippen LogP contribution in [-0.4, -0.2) is 42.3 Å². The van der Waals surface area contributed by atoms with Crippen LogP contribution in [0.15, 0.2) is 17.1 Å². The van der Waals surface area contributed by atoms with Crippen LogP contribution in [0.4, 0.5) is 5.69 Å². The van der Waals surface area contributed by atoms with E-state index in [0.29, 0.717) is 22.6 Å². The van der Waals surface area contributed by atoms with E-state index >= 15 is 0 Å². The lowest BCUT2D eigenvalue weighted by molar-refractivity contribution is 0.0695. The maximum Gasteiger partial charge on any atom is 0.341 e. The van der Waals surface area contributed by atoms with Gasteiger partial charge in [-0.05, 0) is 42.7 Å². The van der Waals surface area contributed by atoms with Crippen molar-refractivity contribution in [2.24, 2.45) is 11.7 Å². The van der Waals surface area contributed by atoms with Gasteiger partial charge in [-0.1, -0.05) is 6.92 Å². The van der Waals surface area contributed by atoms with Gasteiger partial charge in [0.15, 0.2) is 5.75 Å². The number of H-pyrrole nitrogens is 1. The fourth-order valence-electron chi connectivity index (χ4n) is 4.31. The molecule has 144 valence electrons. The molecule has 0 bridgehead atoms. The van der Waals surface area contributed by atoms with Crippen LogP contribution in [0.25, 0.3) is 10.9 Å². The minimum Gasteiger partial charge on any atom is -0.492 e. The number of fused-ring (bicyclic) bond motifs is 1. The molecule has 2 heterocycles. The highest BCUT2D eigenvalue weighted by atomic mass is 16.5. The number of anilines is 1. The summed E-state index contributed by atoms with van der Waals surface area (Å²) in [6.07, 6.45) is 4.27. The molecule has 1 saturated heterocycles. The molecule has 7 nitrogen and oxygen atoms in total. The Kier molecular flexibility index (Phi) is 4.34. The Labute approximate surface area is 157 Å². The summed E-state index contributed by atoms with van der Waals surface area (Å²) in [5.41, 5.74) is 7.95. The number of rotatable bonds is 4. The fourth-order valence-corrected chi connectivity index (χ4v) is 4.31. The van der Waals surface area contributed by atoms with E-state index < -0.39 is 11.4 Å². The average Bonchev–Trinajstić information content (AvgIpc) is 3.44. The van der Waals surface area contributed by atoms with Gasteiger partial charge in [0.2, 0.25) is 5.43 Å². The normalized spacial score (nSPS) is 22.9. The Balaban J connectivity index is 1.97. The van der Waals surface area contributed by atoms with E-state index in [2.05, 4.69) is 16.8 Å². The van der Waals surface area contributed by atoms with Gasteiger partial charge in [0.25, 0.3) is 0 Å². The Morgan fingerprint density at radius 2 is 2.11 bits per heavy atom. The molecular weight excluding hydrogens is 346 g/mol. The van der Waals surface area contributed by atoms with Crippen molar-refractivity contribution in [2.75, 3.05) is 25.1 Å². The van der Waals surface area contributed by atoms with Gasteiger partial charge in [-0.15, -0.1) is 0 Å². The van der Waals surface area contributed by atoms with Crippen LogP contribution in [0, 0.1) is 5.92 Å². The van der Waals surface area contributed by atoms with Crippen LogP contribution in [0.2, 0.25) is 0 Å². The van der Waals surface area contributed by atoms with Gasteiger partial charge in [0.1, 0.15) is 5.56 Å². The summed E-state index contributed by atoms with van der Waals surface area (Å²) in [6.45, 7) is 3.78. The number of aromatic amines is 1. The zero-order valence-electron chi connectivity index (χ0n) is 15.6. The molecule has 0 unspecified atom stereocenters. The molecular formula is C20H25N3O4. The minimum atomic E-state index is -1.22. The molecule has 2 atom stereocenters. The average molecular weight is 371 g/mol. The number of nitrogens with zero attached hydrogens (tertiary/aromatic N) is 1. The van der Waals surface area contributed by atoms with Gasteiger partial charge in [-0.2, -0.15) is 0 Å². The Morgan fingerprint density at radius 1 is 1.37 bits per heavy atom. The minimum absolute atomic E-state index is 0.0898. The largest absolute Gasteiger partial charge is 0.492 e. The predicted octanol–water partition coefficient (Wildman–Crippen LogP) is 2.29. The lowest BCUT2D eigenvalue weighted by atomic mass is 9.94. The van der Waals surface area contributed by atoms with E-state index in [1.807, 2.05) is 6.07 Å². The number of nitrogens with two attached hydrogens (primary N) is 1. The summed E-state index contributed by atoms with van der Waals surface area (Å²) in [7, 11) is 1.58. The lowest BCUT2D eigenvalue weighted by Gasteiger charge is -2.37. The molecule has 4 rings (SSSR count). The molecule has 1 saturated carbocycles. The van der Waals surface area contributed by atoms with Gasteiger partial charge in [0, 0.05) is 25.3 Å². The van der Waals surface area contributed by atoms with E-state index in [0.717, 1.165) is 43.6 Å². The van der Waals surface area contributed by atoms with Gasteiger partial charge < -0.3 is 25.5 Å². The number of carboxylic acids is 1. The smallest absolute Gasteiger partial charge is 0.341 e. The van der Waals surface area contributed by atoms with Crippen LogP contribution in [0.3, 0.4) is 0 Å². The monoisotopic (exact) mass is 371 g/mol. The first-order valence-electron chi connectivity index (χ1n) is 9.40. The SMILES string of the molecule is COc1c(N2C[C@H](C)C[C@H](N)C2)cc(C2CC2)c2c(=O)c(C(=O)O)c[nH]c12. The number of benzene rings is 1. The third-order valence-corrected chi connectivity index (χ3v) is 5.61. The van der Waals surface area contributed by atoms with Crippen LogP contribution < -0.4 is 20.8 Å². The second-order valence-electron chi connectivity index (χ2n) is 7.89. The molecule has 2 aromatic rings. The van der Waals surface area contributed by atoms with Crippen molar-refractivity contribution >= 4 is 22.6 Å². The van der Waals surface area contributed by atoms with Crippen molar-refractivity contribution in [3.8, 4) is 5.75 Å². The van der Waals surface area contributed by atoms with Crippen molar-refractivity contribution in [3.63, 3.8) is 0 Å². The number of aromatic carboxylic acids is 1. The van der Waals surface area contributed by atoms with E-state index in [1.165, 1.54) is 6.20 Å². The van der Waals surface area contributed by atoms with Crippen molar-refractivity contribution in [1.29, 1.82) is 0 Å². The quantitative estimate of drug-likeness (QED) is 0.761. The van der Waals surface area contributed by atoms with Crippen LogP contribution in [0.1, 0.15) is 48.0 Å². The molecule has 7 heteroatoms. The summed E-state index contributed by atoms with van der Waals surface area (Å²) in [4.78, 5) is 29.6. The second-order valence-corrected chi connectivity index (χ2v) is 7.89. The molecule has 1 aromatic heterocycles. The number of nitrogens with one attached hydrogen (secondary N) is 1. The van der Waals surface area contributed by atoms with Crippen LogP contribution >= 0.6 is 0 Å². The third kappa shape index (κ3) is 3.06. The second kappa shape index (κ2) is 6.56. The number of pyridine rings is 1. The van der Waals surface area contributed by atoms with Crippen LogP contribution in [0.5, 0.6) is 5.75 Å². The summed E-state index contributed by atoms with van der Waals surface area (Å²) in [5.74, 6) is 0.105. The molecule has 1 aliphatic carbocycles. The highest BCUT2D eigenvalue weighted by Crippen LogP contribution is 2.47. The van der Waals surface area contributed by atoms with Crippen molar-refractivity contribution in [1.82, 2.24) is 4.98 Å². The zero-order valence-corrected chi connectivity index (χ0v) is 15.6. The fraction of sp³-hybridized carbons (Fsp3) is 0.500.